The smallest absolute Gasteiger partial charge is 0.246 e. The van der Waals surface area contributed by atoms with E-state index in [1.165, 1.54) is 34.1 Å². The highest BCUT2D eigenvalue weighted by Crippen LogP contribution is 2.28. The minimum absolute atomic E-state index is 0.119. The first-order chi connectivity index (χ1) is 12.9. The van der Waals surface area contributed by atoms with E-state index in [1.54, 1.807) is 31.2 Å². The number of aryl methyl sites for hydroxylation is 1. The van der Waals surface area contributed by atoms with E-state index in [0.29, 0.717) is 15.8 Å². The Hall–Kier alpha value is -2.77. The van der Waals surface area contributed by atoms with Gasteiger partial charge in [-0.1, -0.05) is 29.0 Å². The first-order valence-electron chi connectivity index (χ1n) is 8.07. The molecular formula is C19H13ClFN3O2S. The highest BCUT2D eigenvalue weighted by molar-refractivity contribution is 7.22. The number of carbonyl (C=O) groups excluding carboxylic acids is 1. The minimum atomic E-state index is -0.546. The van der Waals surface area contributed by atoms with Crippen LogP contribution >= 0.6 is 22.9 Å². The molecular weight excluding hydrogens is 389 g/mol. The van der Waals surface area contributed by atoms with Crippen LogP contribution in [0.15, 0.2) is 47.3 Å². The average molecular weight is 402 g/mol. The molecule has 2 aromatic heterocycles. The first kappa shape index (κ1) is 17.6. The van der Waals surface area contributed by atoms with Gasteiger partial charge in [0, 0.05) is 22.2 Å². The van der Waals surface area contributed by atoms with Crippen LogP contribution in [0.3, 0.4) is 0 Å². The molecule has 0 saturated carbocycles. The van der Waals surface area contributed by atoms with Crippen LogP contribution in [0.1, 0.15) is 5.69 Å². The zero-order valence-corrected chi connectivity index (χ0v) is 15.7. The Morgan fingerprint density at radius 1 is 1.30 bits per heavy atom. The van der Waals surface area contributed by atoms with Crippen molar-refractivity contribution in [3.63, 3.8) is 0 Å². The molecule has 4 rings (SSSR count). The van der Waals surface area contributed by atoms with Gasteiger partial charge in [-0.15, -0.1) is 0 Å². The van der Waals surface area contributed by atoms with Gasteiger partial charge >= 0.3 is 0 Å². The molecule has 1 amide bonds. The number of hydrogen-bond acceptors (Lipinski definition) is 4. The molecule has 0 spiro atoms. The van der Waals surface area contributed by atoms with Gasteiger partial charge in [0.1, 0.15) is 12.4 Å². The number of para-hydroxylation sites is 1. The maximum absolute atomic E-state index is 14.3. The van der Waals surface area contributed by atoms with E-state index < -0.39 is 5.82 Å². The number of nitrogens with one attached hydrogen (secondary N) is 1. The second-order valence-corrected chi connectivity index (χ2v) is 7.52. The molecule has 0 aliphatic heterocycles. The molecule has 0 atom stereocenters. The van der Waals surface area contributed by atoms with Crippen LogP contribution in [0.5, 0.6) is 0 Å². The van der Waals surface area contributed by atoms with Crippen LogP contribution in [0.2, 0.25) is 5.02 Å². The van der Waals surface area contributed by atoms with Gasteiger partial charge in [0.05, 0.1) is 15.7 Å². The summed E-state index contributed by atoms with van der Waals surface area (Å²) < 4.78 is 16.7. The molecule has 0 radical (unpaired) electrons. The molecule has 27 heavy (non-hydrogen) atoms. The molecule has 4 aromatic rings. The third-order valence-corrected chi connectivity index (χ3v) is 5.36. The number of pyridine rings is 1. The fourth-order valence-corrected chi connectivity index (χ4v) is 4.13. The molecule has 136 valence electrons. The Morgan fingerprint density at radius 2 is 2.11 bits per heavy atom. The van der Waals surface area contributed by atoms with E-state index in [2.05, 4.69) is 10.3 Å². The second kappa shape index (κ2) is 6.75. The van der Waals surface area contributed by atoms with E-state index >= 15 is 0 Å². The molecule has 0 unspecified atom stereocenters. The average Bonchev–Trinajstić information content (AvgIpc) is 2.99. The highest BCUT2D eigenvalue weighted by Gasteiger charge is 2.15. The van der Waals surface area contributed by atoms with Gasteiger partial charge < -0.3 is 9.88 Å². The molecule has 1 N–H and O–H groups in total. The number of fused-ring (bicyclic) bond motifs is 2. The monoisotopic (exact) mass is 401 g/mol. The van der Waals surface area contributed by atoms with Crippen molar-refractivity contribution in [1.82, 2.24) is 9.55 Å². The van der Waals surface area contributed by atoms with E-state index in [1.807, 2.05) is 0 Å². The number of aromatic nitrogens is 2. The van der Waals surface area contributed by atoms with E-state index in [4.69, 9.17) is 11.6 Å². The normalized spacial score (nSPS) is 11.2. The Morgan fingerprint density at radius 3 is 2.93 bits per heavy atom. The molecule has 0 fully saturated rings. The molecule has 2 aromatic carbocycles. The maximum atomic E-state index is 14.3. The molecule has 8 heteroatoms. The van der Waals surface area contributed by atoms with Crippen LogP contribution in [0.4, 0.5) is 9.52 Å². The standard InChI is InChI=1S/C19H13ClFN3O2S/c1-10-7-15(25)12-3-2-4-13(21)18(12)24(10)9-17(26)23-19-22-14-6-5-11(20)8-16(14)27-19/h2-8H,9H2,1H3,(H,22,23,26). The lowest BCUT2D eigenvalue weighted by Crippen LogP contribution is -2.22. The van der Waals surface area contributed by atoms with Gasteiger partial charge in [0.2, 0.25) is 5.91 Å². The van der Waals surface area contributed by atoms with Crippen molar-refractivity contribution in [2.45, 2.75) is 13.5 Å². The Kier molecular flexibility index (Phi) is 4.41. The van der Waals surface area contributed by atoms with Crippen LogP contribution < -0.4 is 10.7 Å². The van der Waals surface area contributed by atoms with Crippen LogP contribution in [-0.2, 0) is 11.3 Å². The molecule has 5 nitrogen and oxygen atoms in total. The number of benzene rings is 2. The molecule has 0 saturated heterocycles. The molecule has 0 bridgehead atoms. The van der Waals surface area contributed by atoms with Gasteiger partial charge in [0.15, 0.2) is 10.6 Å². The number of carbonyl (C=O) groups is 1. The lowest BCUT2D eigenvalue weighted by molar-refractivity contribution is -0.116. The Balaban J connectivity index is 1.67. The summed E-state index contributed by atoms with van der Waals surface area (Å²) in [5, 5.41) is 3.99. The second-order valence-electron chi connectivity index (χ2n) is 6.05. The molecule has 0 aliphatic carbocycles. The van der Waals surface area contributed by atoms with Gasteiger partial charge in [-0.3, -0.25) is 9.59 Å². The third kappa shape index (κ3) is 3.31. The maximum Gasteiger partial charge on any atom is 0.246 e. The number of hydrogen-bond donors (Lipinski definition) is 1. The van der Waals surface area contributed by atoms with Crippen molar-refractivity contribution in [2.75, 3.05) is 5.32 Å². The van der Waals surface area contributed by atoms with Gasteiger partial charge in [-0.2, -0.15) is 0 Å². The number of anilines is 1. The summed E-state index contributed by atoms with van der Waals surface area (Å²) in [5.41, 5.74) is 1.08. The zero-order chi connectivity index (χ0) is 19.1. The summed E-state index contributed by atoms with van der Waals surface area (Å²) in [6.45, 7) is 1.53. The largest absolute Gasteiger partial charge is 0.333 e. The van der Waals surface area contributed by atoms with Crippen LogP contribution in [-0.4, -0.2) is 15.5 Å². The van der Waals surface area contributed by atoms with E-state index in [-0.39, 0.29) is 28.8 Å². The molecule has 0 aliphatic rings. The highest BCUT2D eigenvalue weighted by atomic mass is 35.5. The number of halogens is 2. The molecule has 2 heterocycles. The summed E-state index contributed by atoms with van der Waals surface area (Å²) in [5.74, 6) is -0.910. The first-order valence-corrected chi connectivity index (χ1v) is 9.26. The van der Waals surface area contributed by atoms with Gasteiger partial charge in [-0.05, 0) is 37.3 Å². The topological polar surface area (TPSA) is 64.0 Å². The van der Waals surface area contributed by atoms with Crippen molar-refractivity contribution in [3.05, 3.63) is 69.2 Å². The minimum Gasteiger partial charge on any atom is -0.333 e. The fourth-order valence-electron chi connectivity index (χ4n) is 2.97. The lowest BCUT2D eigenvalue weighted by Gasteiger charge is -2.14. The van der Waals surface area contributed by atoms with Crippen molar-refractivity contribution >= 4 is 55.1 Å². The summed E-state index contributed by atoms with van der Waals surface area (Å²) in [6.07, 6.45) is 0. The van der Waals surface area contributed by atoms with Crippen molar-refractivity contribution in [3.8, 4) is 0 Å². The summed E-state index contributed by atoms with van der Waals surface area (Å²) in [6, 6.07) is 11.0. The van der Waals surface area contributed by atoms with Crippen LogP contribution in [0.25, 0.3) is 21.1 Å². The van der Waals surface area contributed by atoms with Crippen molar-refractivity contribution in [2.24, 2.45) is 0 Å². The Bertz CT molecular complexity index is 1270. The Labute approximate surface area is 162 Å². The number of rotatable bonds is 3. The fraction of sp³-hybridized carbons (Fsp3) is 0.105. The van der Waals surface area contributed by atoms with E-state index in [9.17, 15) is 14.0 Å². The summed E-state index contributed by atoms with van der Waals surface area (Å²) >= 11 is 7.27. The van der Waals surface area contributed by atoms with Gasteiger partial charge in [-0.25, -0.2) is 9.37 Å². The zero-order valence-electron chi connectivity index (χ0n) is 14.1. The SMILES string of the molecule is Cc1cc(=O)c2cccc(F)c2n1CC(=O)Nc1nc2ccc(Cl)cc2s1. The quantitative estimate of drug-likeness (QED) is 0.555. The summed E-state index contributed by atoms with van der Waals surface area (Å²) in [7, 11) is 0. The van der Waals surface area contributed by atoms with Crippen LogP contribution in [0, 0.1) is 12.7 Å². The number of thiazole rings is 1. The lowest BCUT2D eigenvalue weighted by atomic mass is 10.1. The van der Waals surface area contributed by atoms with Crippen molar-refractivity contribution < 1.29 is 9.18 Å². The number of amides is 1. The predicted molar refractivity (Wildman–Crippen MR) is 106 cm³/mol. The van der Waals surface area contributed by atoms with Gasteiger partial charge in [0.25, 0.3) is 0 Å². The van der Waals surface area contributed by atoms with E-state index in [0.717, 1.165) is 10.2 Å². The summed E-state index contributed by atoms with van der Waals surface area (Å²) in [4.78, 5) is 29.0. The number of nitrogens with zero attached hydrogens (tertiary/aromatic N) is 2. The predicted octanol–water partition coefficient (Wildman–Crippen LogP) is 4.35. The van der Waals surface area contributed by atoms with Crippen molar-refractivity contribution in [1.29, 1.82) is 0 Å². The third-order valence-electron chi connectivity index (χ3n) is 4.19.